The van der Waals surface area contributed by atoms with Crippen LogP contribution in [0.1, 0.15) is 95.1 Å². The topological polar surface area (TPSA) is 86.8 Å². The molecular formula is C36H48FN3O4S. The number of sulfonamides is 1. The molecule has 9 heteroatoms. The van der Waals surface area contributed by atoms with Gasteiger partial charge >= 0.3 is 0 Å². The van der Waals surface area contributed by atoms with E-state index in [0.717, 1.165) is 60.4 Å². The standard InChI is InChI=1S/C36H48FN3O4S/c1-3-33(35(42)38-31-7-5-4-6-8-31)39(23-25-9-13-30(37)14-10-25)34(41)24-40(45(2,43)44)32-15-11-29(12-16-32)36-20-26-17-27(21-36)19-28(18-26)22-36/h9-16,26-28,31,33H,3-8,17-24H2,1-2H3,(H,38,42)/t26?,27?,28?,33-,36?/m1/s1. The number of rotatable bonds is 11. The van der Waals surface area contributed by atoms with Crippen molar-refractivity contribution in [3.05, 3.63) is 65.5 Å². The van der Waals surface area contributed by atoms with Crippen LogP contribution in [0.25, 0.3) is 0 Å². The molecule has 5 saturated carbocycles. The summed E-state index contributed by atoms with van der Waals surface area (Å²) >= 11 is 0. The van der Waals surface area contributed by atoms with Crippen molar-refractivity contribution in [1.29, 1.82) is 0 Å². The lowest BCUT2D eigenvalue weighted by Crippen LogP contribution is -2.54. The number of benzene rings is 2. The molecule has 4 bridgehead atoms. The van der Waals surface area contributed by atoms with E-state index in [-0.39, 0.29) is 29.7 Å². The van der Waals surface area contributed by atoms with Gasteiger partial charge in [0.2, 0.25) is 21.8 Å². The van der Waals surface area contributed by atoms with E-state index in [9.17, 15) is 22.4 Å². The van der Waals surface area contributed by atoms with Gasteiger partial charge in [0.25, 0.3) is 0 Å². The Morgan fingerprint density at radius 2 is 1.49 bits per heavy atom. The van der Waals surface area contributed by atoms with Crippen LogP contribution in [0.2, 0.25) is 0 Å². The Labute approximate surface area is 268 Å². The summed E-state index contributed by atoms with van der Waals surface area (Å²) in [5.41, 5.74) is 2.58. The fraction of sp³-hybridized carbons (Fsp3) is 0.611. The molecule has 0 aliphatic heterocycles. The van der Waals surface area contributed by atoms with Crippen molar-refractivity contribution >= 4 is 27.5 Å². The normalized spacial score (nSPS) is 26.8. The first-order chi connectivity index (χ1) is 21.5. The molecule has 2 amide bonds. The summed E-state index contributed by atoms with van der Waals surface area (Å²) in [7, 11) is -3.82. The Morgan fingerprint density at radius 3 is 2.02 bits per heavy atom. The van der Waals surface area contributed by atoms with Crippen molar-refractivity contribution < 1.29 is 22.4 Å². The molecule has 0 spiro atoms. The predicted molar refractivity (Wildman–Crippen MR) is 175 cm³/mol. The molecule has 2 aromatic carbocycles. The van der Waals surface area contributed by atoms with E-state index in [1.54, 1.807) is 12.1 Å². The maximum atomic E-state index is 14.1. The van der Waals surface area contributed by atoms with Crippen molar-refractivity contribution in [3.8, 4) is 0 Å². The van der Waals surface area contributed by atoms with E-state index in [2.05, 4.69) is 17.4 Å². The van der Waals surface area contributed by atoms with Crippen molar-refractivity contribution in [2.75, 3.05) is 17.1 Å². The molecule has 45 heavy (non-hydrogen) atoms. The molecule has 5 aliphatic rings. The molecule has 0 radical (unpaired) electrons. The van der Waals surface area contributed by atoms with E-state index in [0.29, 0.717) is 17.7 Å². The number of carbonyl (C=O) groups excluding carboxylic acids is 2. The van der Waals surface area contributed by atoms with Gasteiger partial charge < -0.3 is 10.2 Å². The molecule has 7 nitrogen and oxygen atoms in total. The molecule has 0 heterocycles. The Balaban J connectivity index is 1.24. The second-order valence-corrected chi connectivity index (χ2v) is 16.3. The summed E-state index contributed by atoms with van der Waals surface area (Å²) in [4.78, 5) is 29.2. The molecule has 0 aromatic heterocycles. The lowest BCUT2D eigenvalue weighted by molar-refractivity contribution is -0.140. The zero-order valence-electron chi connectivity index (χ0n) is 26.7. The van der Waals surface area contributed by atoms with Gasteiger partial charge in [-0.2, -0.15) is 0 Å². The highest BCUT2D eigenvalue weighted by Crippen LogP contribution is 2.60. The van der Waals surface area contributed by atoms with Gasteiger partial charge in [0, 0.05) is 12.6 Å². The highest BCUT2D eigenvalue weighted by atomic mass is 32.2. The van der Waals surface area contributed by atoms with Crippen molar-refractivity contribution in [2.45, 2.75) is 108 Å². The van der Waals surface area contributed by atoms with Crippen LogP contribution in [0.5, 0.6) is 0 Å². The molecule has 0 unspecified atom stereocenters. The molecule has 2 aromatic rings. The SMILES string of the molecule is CC[C@H](C(=O)NC1CCCCC1)N(Cc1ccc(F)cc1)C(=O)CN(c1ccc(C23CC4CC(CC(C4)C2)C3)cc1)S(C)(=O)=O. The Morgan fingerprint density at radius 1 is 0.911 bits per heavy atom. The third kappa shape index (κ3) is 7.08. The highest BCUT2D eigenvalue weighted by Gasteiger charge is 2.51. The number of anilines is 1. The van der Waals surface area contributed by atoms with E-state index in [4.69, 9.17) is 0 Å². The van der Waals surface area contributed by atoms with E-state index in [1.165, 1.54) is 61.1 Å². The van der Waals surface area contributed by atoms with Crippen molar-refractivity contribution in [3.63, 3.8) is 0 Å². The number of halogens is 1. The van der Waals surface area contributed by atoms with Gasteiger partial charge in [0.1, 0.15) is 18.4 Å². The average molecular weight is 638 g/mol. The quantitative estimate of drug-likeness (QED) is 0.313. The van der Waals surface area contributed by atoms with Crippen LogP contribution in [0.15, 0.2) is 48.5 Å². The zero-order chi connectivity index (χ0) is 31.8. The van der Waals surface area contributed by atoms with E-state index >= 15 is 0 Å². The first-order valence-corrected chi connectivity index (χ1v) is 18.8. The maximum absolute atomic E-state index is 14.1. The largest absolute Gasteiger partial charge is 0.352 e. The van der Waals surface area contributed by atoms with Gasteiger partial charge in [-0.15, -0.1) is 0 Å². The molecule has 7 rings (SSSR count). The first kappa shape index (κ1) is 32.0. The third-order valence-electron chi connectivity index (χ3n) is 11.1. The summed E-state index contributed by atoms with van der Waals surface area (Å²) in [5.74, 6) is 1.31. The lowest BCUT2D eigenvalue weighted by atomic mass is 9.48. The van der Waals surface area contributed by atoms with Gasteiger partial charge in [0.05, 0.1) is 11.9 Å². The Bertz CT molecular complexity index is 1440. The fourth-order valence-electron chi connectivity index (χ4n) is 9.31. The second-order valence-electron chi connectivity index (χ2n) is 14.4. The molecule has 1 N–H and O–H groups in total. The summed E-state index contributed by atoms with van der Waals surface area (Å²) in [6.07, 6.45) is 14.3. The van der Waals surface area contributed by atoms with Crippen LogP contribution < -0.4 is 9.62 Å². The Kier molecular flexibility index (Phi) is 9.28. The molecular weight excluding hydrogens is 589 g/mol. The van der Waals surface area contributed by atoms with Crippen LogP contribution in [0, 0.1) is 23.6 Å². The van der Waals surface area contributed by atoms with E-state index in [1.807, 2.05) is 19.1 Å². The van der Waals surface area contributed by atoms with Crippen LogP contribution >= 0.6 is 0 Å². The highest BCUT2D eigenvalue weighted by molar-refractivity contribution is 7.92. The van der Waals surface area contributed by atoms with Crippen LogP contribution in [0.4, 0.5) is 10.1 Å². The van der Waals surface area contributed by atoms with Gasteiger partial charge in [-0.1, -0.05) is 50.5 Å². The fourth-order valence-corrected chi connectivity index (χ4v) is 10.2. The number of carbonyl (C=O) groups is 2. The third-order valence-corrected chi connectivity index (χ3v) is 12.2. The van der Waals surface area contributed by atoms with Crippen molar-refractivity contribution in [2.24, 2.45) is 17.8 Å². The number of nitrogens with zero attached hydrogens (tertiary/aromatic N) is 2. The van der Waals surface area contributed by atoms with Crippen LogP contribution in [0.3, 0.4) is 0 Å². The summed E-state index contributed by atoms with van der Waals surface area (Å²) < 4.78 is 41.2. The number of nitrogens with one attached hydrogen (secondary N) is 1. The van der Waals surface area contributed by atoms with Gasteiger partial charge in [0.15, 0.2) is 0 Å². The lowest BCUT2D eigenvalue weighted by Gasteiger charge is -2.57. The molecule has 5 fully saturated rings. The molecule has 244 valence electrons. The molecule has 1 atom stereocenters. The second kappa shape index (κ2) is 13.0. The first-order valence-electron chi connectivity index (χ1n) is 17.0. The summed E-state index contributed by atoms with van der Waals surface area (Å²) in [6.45, 7) is 1.50. The van der Waals surface area contributed by atoms with Crippen LogP contribution in [-0.2, 0) is 31.6 Å². The zero-order valence-corrected chi connectivity index (χ0v) is 27.5. The van der Waals surface area contributed by atoms with Gasteiger partial charge in [-0.05, 0) is 116 Å². The summed E-state index contributed by atoms with van der Waals surface area (Å²) in [5, 5.41) is 3.15. The van der Waals surface area contributed by atoms with Crippen LogP contribution in [-0.4, -0.2) is 50.0 Å². The number of hydrogen-bond donors (Lipinski definition) is 1. The monoisotopic (exact) mass is 637 g/mol. The molecule has 0 saturated heterocycles. The summed E-state index contributed by atoms with van der Waals surface area (Å²) in [6, 6.07) is 13.0. The van der Waals surface area contributed by atoms with Gasteiger partial charge in [-0.25, -0.2) is 12.8 Å². The Hall–Kier alpha value is -2.94. The predicted octanol–water partition coefficient (Wildman–Crippen LogP) is 6.32. The number of hydrogen-bond acceptors (Lipinski definition) is 4. The average Bonchev–Trinajstić information content (AvgIpc) is 3.00. The molecule has 5 aliphatic carbocycles. The van der Waals surface area contributed by atoms with E-state index < -0.39 is 28.5 Å². The number of amides is 2. The smallest absolute Gasteiger partial charge is 0.244 e. The minimum atomic E-state index is -3.82. The minimum Gasteiger partial charge on any atom is -0.352 e. The maximum Gasteiger partial charge on any atom is 0.244 e. The minimum absolute atomic E-state index is 0.0677. The van der Waals surface area contributed by atoms with Crippen molar-refractivity contribution in [1.82, 2.24) is 10.2 Å². The van der Waals surface area contributed by atoms with Gasteiger partial charge in [-0.3, -0.25) is 13.9 Å².